The van der Waals surface area contributed by atoms with E-state index in [1.54, 1.807) is 6.08 Å². The van der Waals surface area contributed by atoms with Crippen LogP contribution in [0, 0.1) is 0 Å². The molecule has 0 aliphatic rings. The van der Waals surface area contributed by atoms with E-state index in [0.717, 1.165) is 51.4 Å². The Kier molecular flexibility index (Phi) is 73.4. The number of nitrogens with one attached hydrogen (secondary N) is 1. The number of rotatable bonds is 78. The molecule has 9 heteroatoms. The highest BCUT2D eigenvalue weighted by molar-refractivity contribution is 7.45. The van der Waals surface area contributed by atoms with Gasteiger partial charge in [0.2, 0.25) is 5.91 Å². The molecule has 0 saturated carbocycles. The fourth-order valence-corrected chi connectivity index (χ4v) is 13.6. The Morgan fingerprint density at radius 2 is 0.624 bits per heavy atom. The van der Waals surface area contributed by atoms with Gasteiger partial charge in [0.15, 0.2) is 0 Å². The Balaban J connectivity index is 3.92. The number of unbranched alkanes of at least 4 members (excludes halogenated alkanes) is 59. The Morgan fingerprint density at radius 3 is 0.903 bits per heavy atom. The Bertz CT molecular complexity index is 1660. The van der Waals surface area contributed by atoms with Gasteiger partial charge in [-0.2, -0.15) is 0 Å². The number of carbonyl (C=O) groups is 1. The van der Waals surface area contributed by atoms with E-state index in [1.807, 2.05) is 27.2 Å². The van der Waals surface area contributed by atoms with Crippen molar-refractivity contribution in [3.05, 3.63) is 48.6 Å². The van der Waals surface area contributed by atoms with Crippen LogP contribution in [0.1, 0.15) is 431 Å². The van der Waals surface area contributed by atoms with Crippen molar-refractivity contribution >= 4 is 13.7 Å². The molecule has 0 aromatic carbocycles. The van der Waals surface area contributed by atoms with Gasteiger partial charge >= 0.3 is 0 Å². The zero-order valence-corrected chi connectivity index (χ0v) is 64.1. The zero-order chi connectivity index (χ0) is 67.6. The third-order valence-electron chi connectivity index (χ3n) is 19.3. The first-order valence-corrected chi connectivity index (χ1v) is 43.0. The van der Waals surface area contributed by atoms with Crippen LogP contribution in [0.15, 0.2) is 48.6 Å². The average molecular weight is 1330 g/mol. The van der Waals surface area contributed by atoms with Crippen LogP contribution >= 0.6 is 7.82 Å². The number of likely N-dealkylation sites (N-methyl/N-ethyl adjacent to an activating group) is 1. The molecular weight excluding hydrogens is 1160 g/mol. The number of carbonyl (C=O) groups excluding carboxylic acids is 1. The number of nitrogens with zero attached hydrogens (tertiary/aromatic N) is 1. The molecule has 0 aliphatic carbocycles. The smallest absolute Gasteiger partial charge is 0.268 e. The van der Waals surface area contributed by atoms with Crippen molar-refractivity contribution in [2.75, 3.05) is 40.9 Å². The molecule has 0 aromatic rings. The van der Waals surface area contributed by atoms with Crippen LogP contribution in [0.5, 0.6) is 0 Å². The molecule has 0 aromatic heterocycles. The molecule has 1 amide bonds. The molecule has 0 fully saturated rings. The number of aliphatic hydroxyl groups is 1. The van der Waals surface area contributed by atoms with E-state index in [9.17, 15) is 19.4 Å². The summed E-state index contributed by atoms with van der Waals surface area (Å²) < 4.78 is 23.5. The minimum atomic E-state index is -4.61. The summed E-state index contributed by atoms with van der Waals surface area (Å²) >= 11 is 0. The summed E-state index contributed by atoms with van der Waals surface area (Å²) in [5.41, 5.74) is 0. The van der Waals surface area contributed by atoms with Gasteiger partial charge in [-0.3, -0.25) is 9.36 Å². The van der Waals surface area contributed by atoms with Crippen molar-refractivity contribution < 1.29 is 32.9 Å². The lowest BCUT2D eigenvalue weighted by Gasteiger charge is -2.29. The first kappa shape index (κ1) is 91.5. The zero-order valence-electron chi connectivity index (χ0n) is 63.2. The molecular formula is C84H163N2O6P. The van der Waals surface area contributed by atoms with E-state index in [2.05, 4.69) is 55.6 Å². The third-order valence-corrected chi connectivity index (χ3v) is 20.2. The first-order chi connectivity index (χ1) is 45.5. The lowest BCUT2D eigenvalue weighted by Crippen LogP contribution is -2.45. The molecule has 0 radical (unpaired) electrons. The van der Waals surface area contributed by atoms with Crippen LogP contribution in [0.2, 0.25) is 0 Å². The molecule has 0 aliphatic heterocycles. The molecule has 2 N–H and O–H groups in total. The fraction of sp³-hybridized carbons (Fsp3) is 0.893. The number of allylic oxidation sites excluding steroid dienone is 7. The van der Waals surface area contributed by atoms with Crippen molar-refractivity contribution in [1.29, 1.82) is 0 Å². The summed E-state index contributed by atoms with van der Waals surface area (Å²) in [7, 11) is 1.28. The number of hydrogen-bond donors (Lipinski definition) is 2. The summed E-state index contributed by atoms with van der Waals surface area (Å²) in [6.45, 7) is 4.71. The van der Waals surface area contributed by atoms with E-state index in [4.69, 9.17) is 9.05 Å². The van der Waals surface area contributed by atoms with Crippen molar-refractivity contribution in [3.8, 4) is 0 Å². The molecule has 0 heterocycles. The molecule has 0 rings (SSSR count). The van der Waals surface area contributed by atoms with E-state index >= 15 is 0 Å². The molecule has 0 spiro atoms. The number of amides is 1. The summed E-state index contributed by atoms with van der Waals surface area (Å²) in [5, 5.41) is 14.0. The number of phosphoric ester groups is 1. The lowest BCUT2D eigenvalue weighted by atomic mass is 10.0. The van der Waals surface area contributed by atoms with Crippen molar-refractivity contribution in [2.45, 2.75) is 443 Å². The fourth-order valence-electron chi connectivity index (χ4n) is 12.9. The highest BCUT2D eigenvalue weighted by atomic mass is 31.2. The Labute approximate surface area is 581 Å². The van der Waals surface area contributed by atoms with Gasteiger partial charge in [-0.15, -0.1) is 0 Å². The minimum absolute atomic E-state index is 0.00117. The second-order valence-electron chi connectivity index (χ2n) is 29.8. The monoisotopic (exact) mass is 1330 g/mol. The van der Waals surface area contributed by atoms with Crippen LogP contribution in [0.4, 0.5) is 0 Å². The number of hydrogen-bond acceptors (Lipinski definition) is 6. The van der Waals surface area contributed by atoms with Crippen LogP contribution in [0.25, 0.3) is 0 Å². The molecule has 0 saturated heterocycles. The van der Waals surface area contributed by atoms with Crippen molar-refractivity contribution in [1.82, 2.24) is 5.32 Å². The van der Waals surface area contributed by atoms with Crippen molar-refractivity contribution in [3.63, 3.8) is 0 Å². The standard InChI is InChI=1S/C84H163N2O6P/c1-6-8-10-12-14-16-18-20-22-24-26-28-30-32-34-36-38-40-41-42-43-44-45-46-48-50-52-54-56-58-60-62-64-66-68-70-72-74-76-78-84(88)85-82(81-92-93(89,90)91-80-79-86(3,4)5)83(87)77-75-73-71-69-67-65-63-61-59-57-55-53-51-49-47-39-37-35-33-31-29-27-25-23-21-19-17-15-13-11-9-7-2/h18,20,24,26,30,32,75,77,82-83,87H,6-17,19,21-23,25,27-29,31,33-74,76,78-81H2,1-5H3,(H-,85,88,89,90)/b20-18-,26-24-,32-30-,77-75+. The highest BCUT2D eigenvalue weighted by Crippen LogP contribution is 2.38. The van der Waals surface area contributed by atoms with E-state index in [1.165, 1.54) is 360 Å². The average Bonchev–Trinajstić information content (AvgIpc) is 1.94. The number of aliphatic hydroxyl groups excluding tert-OH is 1. The topological polar surface area (TPSA) is 108 Å². The maximum absolute atomic E-state index is 13.1. The highest BCUT2D eigenvalue weighted by Gasteiger charge is 2.23. The second-order valence-corrected chi connectivity index (χ2v) is 31.2. The van der Waals surface area contributed by atoms with Crippen LogP contribution in [-0.4, -0.2) is 68.5 Å². The largest absolute Gasteiger partial charge is 0.756 e. The molecule has 93 heavy (non-hydrogen) atoms. The first-order valence-electron chi connectivity index (χ1n) is 41.5. The quantitative estimate of drug-likeness (QED) is 0.0272. The number of phosphoric acid groups is 1. The van der Waals surface area contributed by atoms with Gasteiger partial charge in [0.05, 0.1) is 39.9 Å². The molecule has 0 bridgehead atoms. The van der Waals surface area contributed by atoms with E-state index in [-0.39, 0.29) is 19.1 Å². The lowest BCUT2D eigenvalue weighted by molar-refractivity contribution is -0.870. The molecule has 3 unspecified atom stereocenters. The van der Waals surface area contributed by atoms with Gasteiger partial charge in [-0.05, 0) is 57.8 Å². The Morgan fingerprint density at radius 1 is 0.376 bits per heavy atom. The SMILES string of the molecule is CCCCCCC/C=C\C/C=C\C/C=C\CCCCCCCCCCCCCCCCCCCCCCCCCCC(=O)NC(COP(=O)([O-])OCC[N+](C)(C)C)C(O)/C=C/CCCCCCCCCCCCCCCCCCCCCCCCCCCCCCCC. The third kappa shape index (κ3) is 77.7. The Hall–Kier alpha value is -1.54. The van der Waals surface area contributed by atoms with Crippen LogP contribution in [0.3, 0.4) is 0 Å². The predicted octanol–water partition coefficient (Wildman–Crippen LogP) is 26.7. The molecule has 3 atom stereocenters. The van der Waals surface area contributed by atoms with E-state index < -0.39 is 20.0 Å². The van der Waals surface area contributed by atoms with Crippen LogP contribution < -0.4 is 10.2 Å². The second kappa shape index (κ2) is 74.7. The summed E-state index contributed by atoms with van der Waals surface area (Å²) in [6, 6.07) is -0.888. The minimum Gasteiger partial charge on any atom is -0.756 e. The maximum Gasteiger partial charge on any atom is 0.268 e. The summed E-state index contributed by atoms with van der Waals surface area (Å²) in [6.07, 6.45) is 103. The summed E-state index contributed by atoms with van der Waals surface area (Å²) in [4.78, 5) is 25.7. The van der Waals surface area contributed by atoms with Crippen molar-refractivity contribution in [2.24, 2.45) is 0 Å². The van der Waals surface area contributed by atoms with Gasteiger partial charge in [0.25, 0.3) is 7.82 Å². The normalized spacial score (nSPS) is 13.7. The van der Waals surface area contributed by atoms with Gasteiger partial charge in [-0.25, -0.2) is 0 Å². The number of quaternary nitrogens is 1. The predicted molar refractivity (Wildman–Crippen MR) is 408 cm³/mol. The molecule has 550 valence electrons. The van der Waals surface area contributed by atoms with Gasteiger partial charge < -0.3 is 28.8 Å². The van der Waals surface area contributed by atoms with E-state index in [0.29, 0.717) is 17.4 Å². The molecule has 8 nitrogen and oxygen atoms in total. The van der Waals surface area contributed by atoms with Crippen LogP contribution in [-0.2, 0) is 18.4 Å². The van der Waals surface area contributed by atoms with Gasteiger partial charge in [-0.1, -0.05) is 416 Å². The summed E-state index contributed by atoms with van der Waals surface area (Å²) in [5.74, 6) is -0.188. The van der Waals surface area contributed by atoms with Gasteiger partial charge in [0.1, 0.15) is 13.2 Å². The maximum atomic E-state index is 13.1. The van der Waals surface area contributed by atoms with Gasteiger partial charge in [0, 0.05) is 6.42 Å².